The highest BCUT2D eigenvalue weighted by molar-refractivity contribution is 7.80. The van der Waals surface area contributed by atoms with E-state index in [4.69, 9.17) is 0 Å². The summed E-state index contributed by atoms with van der Waals surface area (Å²) in [4.78, 5) is 2.72. The number of benzene rings is 4. The molecule has 4 aromatic rings. The second kappa shape index (κ2) is 8.95. The summed E-state index contributed by atoms with van der Waals surface area (Å²) in [6.45, 7) is 5.81. The molecule has 0 saturated carbocycles. The molecule has 156 valence electrons. The molecule has 0 aliphatic carbocycles. The zero-order chi connectivity index (χ0) is 21.2. The van der Waals surface area contributed by atoms with E-state index in [1.807, 2.05) is 0 Å². The third-order valence-corrected chi connectivity index (χ3v) is 9.29. The minimum absolute atomic E-state index is 0.615. The van der Waals surface area contributed by atoms with Crippen molar-refractivity contribution >= 4 is 34.6 Å². The summed E-state index contributed by atoms with van der Waals surface area (Å²) in [6, 6.07) is 37.1. The van der Waals surface area contributed by atoms with Crippen LogP contribution in [-0.4, -0.2) is 17.0 Å². The van der Waals surface area contributed by atoms with Gasteiger partial charge in [0.05, 0.1) is 0 Å². The number of likely N-dealkylation sites (tertiary alicyclic amines) is 1. The fourth-order valence-electron chi connectivity index (χ4n) is 5.02. The largest absolute Gasteiger partial charge is 0.294 e. The molecule has 2 atom stereocenters. The van der Waals surface area contributed by atoms with Crippen LogP contribution in [0, 0.1) is 0 Å². The molecule has 0 amide bonds. The number of rotatable bonds is 5. The first-order valence-electron chi connectivity index (χ1n) is 11.4. The molecule has 0 spiro atoms. The number of hydrogen-bond acceptors (Lipinski definition) is 1. The van der Waals surface area contributed by atoms with Gasteiger partial charge in [0, 0.05) is 18.6 Å². The fourth-order valence-corrected chi connectivity index (χ4v) is 7.50. The molecule has 0 radical (unpaired) electrons. The van der Waals surface area contributed by atoms with Crippen molar-refractivity contribution in [3.8, 4) is 0 Å². The summed E-state index contributed by atoms with van der Waals surface area (Å²) in [5, 5.41) is 7.09. The van der Waals surface area contributed by atoms with E-state index in [0.29, 0.717) is 12.1 Å². The lowest BCUT2D eigenvalue weighted by molar-refractivity contribution is 0.206. The van der Waals surface area contributed by atoms with E-state index in [2.05, 4.69) is 116 Å². The van der Waals surface area contributed by atoms with Crippen molar-refractivity contribution in [2.24, 2.45) is 0 Å². The van der Waals surface area contributed by atoms with Gasteiger partial charge < -0.3 is 0 Å². The van der Waals surface area contributed by atoms with Crippen LogP contribution in [0.5, 0.6) is 0 Å². The lowest BCUT2D eigenvalue weighted by Gasteiger charge is -2.30. The van der Waals surface area contributed by atoms with Crippen LogP contribution in [0.4, 0.5) is 0 Å². The second-order valence-corrected chi connectivity index (χ2v) is 10.9. The average Bonchev–Trinajstić information content (AvgIpc) is 3.14. The van der Waals surface area contributed by atoms with Gasteiger partial charge in [0.25, 0.3) is 0 Å². The normalized spacial score (nSPS) is 19.3. The minimum atomic E-state index is -0.615. The lowest BCUT2D eigenvalue weighted by atomic mass is 10.0. The Morgan fingerprint density at radius 3 is 1.84 bits per heavy atom. The van der Waals surface area contributed by atoms with Crippen molar-refractivity contribution in [1.82, 2.24) is 4.90 Å². The van der Waals surface area contributed by atoms with Crippen molar-refractivity contribution in [2.75, 3.05) is 0 Å². The van der Waals surface area contributed by atoms with E-state index in [1.54, 1.807) is 0 Å². The predicted octanol–water partition coefficient (Wildman–Crippen LogP) is 5.97. The predicted molar refractivity (Wildman–Crippen MR) is 136 cm³/mol. The lowest BCUT2D eigenvalue weighted by Crippen LogP contribution is -2.34. The van der Waals surface area contributed by atoms with Gasteiger partial charge in [-0.1, -0.05) is 97.1 Å². The van der Waals surface area contributed by atoms with Gasteiger partial charge in [-0.3, -0.25) is 4.90 Å². The van der Waals surface area contributed by atoms with Gasteiger partial charge in [-0.15, -0.1) is 0 Å². The Labute approximate surface area is 187 Å². The van der Waals surface area contributed by atoms with E-state index in [9.17, 15) is 0 Å². The molecule has 1 nitrogen and oxygen atoms in total. The third kappa shape index (κ3) is 4.05. The summed E-state index contributed by atoms with van der Waals surface area (Å²) in [6.07, 6.45) is 2.60. The standard InChI is InChI=1S/C29H30NP/c1-22-17-18-23(2)30(22)21-28-27-16-10-9-11-24(27)19-20-29(28)31(25-12-5-3-6-13-25)26-14-7-4-8-15-26/h3-16,19-20,22-23H,17-18,21H2,1-2H3/t22-,23-/m1/s1. The Bertz CT molecular complexity index is 1110. The topological polar surface area (TPSA) is 3.24 Å². The maximum atomic E-state index is 2.72. The van der Waals surface area contributed by atoms with Crippen molar-refractivity contribution < 1.29 is 0 Å². The van der Waals surface area contributed by atoms with Gasteiger partial charge in [0.1, 0.15) is 0 Å². The van der Waals surface area contributed by atoms with Gasteiger partial charge in [0.2, 0.25) is 0 Å². The second-order valence-electron chi connectivity index (χ2n) is 8.74. The molecule has 0 bridgehead atoms. The van der Waals surface area contributed by atoms with Crippen LogP contribution in [-0.2, 0) is 6.54 Å². The van der Waals surface area contributed by atoms with Crippen molar-refractivity contribution in [1.29, 1.82) is 0 Å². The Morgan fingerprint density at radius 2 is 1.23 bits per heavy atom. The van der Waals surface area contributed by atoms with Gasteiger partial charge in [-0.05, 0) is 66.9 Å². The molecule has 31 heavy (non-hydrogen) atoms. The molecular weight excluding hydrogens is 393 g/mol. The Kier molecular flexibility index (Phi) is 5.90. The van der Waals surface area contributed by atoms with E-state index < -0.39 is 7.92 Å². The van der Waals surface area contributed by atoms with Gasteiger partial charge in [-0.2, -0.15) is 0 Å². The fraction of sp³-hybridized carbons (Fsp3) is 0.241. The van der Waals surface area contributed by atoms with Crippen LogP contribution in [0.15, 0.2) is 97.1 Å². The highest BCUT2D eigenvalue weighted by Gasteiger charge is 2.29. The van der Waals surface area contributed by atoms with Crippen molar-refractivity contribution in [3.63, 3.8) is 0 Å². The molecule has 4 aromatic carbocycles. The molecular formula is C29H30NP. The smallest absolute Gasteiger partial charge is 0.0252 e. The summed E-state index contributed by atoms with van der Waals surface area (Å²) in [7, 11) is -0.615. The van der Waals surface area contributed by atoms with Crippen LogP contribution in [0.2, 0.25) is 0 Å². The van der Waals surface area contributed by atoms with Crippen LogP contribution in [0.25, 0.3) is 10.8 Å². The first kappa shape index (κ1) is 20.4. The zero-order valence-corrected chi connectivity index (χ0v) is 19.3. The average molecular weight is 424 g/mol. The zero-order valence-electron chi connectivity index (χ0n) is 18.4. The molecule has 1 heterocycles. The van der Waals surface area contributed by atoms with Gasteiger partial charge in [-0.25, -0.2) is 0 Å². The van der Waals surface area contributed by atoms with Gasteiger partial charge in [0.15, 0.2) is 0 Å². The SMILES string of the molecule is C[C@@H]1CC[C@@H](C)N1Cc1c(P(c2ccccc2)c2ccccc2)ccc2ccccc12. The molecule has 1 aliphatic heterocycles. The Balaban J connectivity index is 1.72. The Hall–Kier alpha value is -2.47. The van der Waals surface area contributed by atoms with Crippen LogP contribution in [0.3, 0.4) is 0 Å². The molecule has 0 unspecified atom stereocenters. The molecule has 1 aliphatic rings. The van der Waals surface area contributed by atoms with Crippen LogP contribution >= 0.6 is 7.92 Å². The molecule has 0 N–H and O–H groups in total. The highest BCUT2D eigenvalue weighted by Crippen LogP contribution is 2.37. The number of hydrogen-bond donors (Lipinski definition) is 0. The molecule has 5 rings (SSSR count). The van der Waals surface area contributed by atoms with Crippen molar-refractivity contribution in [2.45, 2.75) is 45.3 Å². The molecule has 1 fully saturated rings. The Morgan fingerprint density at radius 1 is 0.677 bits per heavy atom. The van der Waals surface area contributed by atoms with E-state index in [1.165, 1.54) is 45.1 Å². The van der Waals surface area contributed by atoms with E-state index >= 15 is 0 Å². The molecule has 2 heteroatoms. The maximum Gasteiger partial charge on any atom is 0.0252 e. The quantitative estimate of drug-likeness (QED) is 0.358. The summed E-state index contributed by atoms with van der Waals surface area (Å²) < 4.78 is 0. The van der Waals surface area contributed by atoms with Crippen LogP contribution in [0.1, 0.15) is 32.3 Å². The summed E-state index contributed by atoms with van der Waals surface area (Å²) in [5.41, 5.74) is 1.51. The number of fused-ring (bicyclic) bond motifs is 1. The maximum absolute atomic E-state index is 2.72. The van der Waals surface area contributed by atoms with Gasteiger partial charge >= 0.3 is 0 Å². The first-order valence-corrected chi connectivity index (χ1v) is 12.7. The molecule has 1 saturated heterocycles. The summed E-state index contributed by atoms with van der Waals surface area (Å²) >= 11 is 0. The monoisotopic (exact) mass is 423 g/mol. The van der Waals surface area contributed by atoms with E-state index in [-0.39, 0.29) is 0 Å². The highest BCUT2D eigenvalue weighted by atomic mass is 31.1. The van der Waals surface area contributed by atoms with Crippen molar-refractivity contribution in [3.05, 3.63) is 103 Å². The minimum Gasteiger partial charge on any atom is -0.294 e. The third-order valence-electron chi connectivity index (χ3n) is 6.76. The van der Waals surface area contributed by atoms with Crippen LogP contribution < -0.4 is 15.9 Å². The number of nitrogens with zero attached hydrogens (tertiary/aromatic N) is 1. The summed E-state index contributed by atoms with van der Waals surface area (Å²) in [5.74, 6) is 0. The van der Waals surface area contributed by atoms with E-state index in [0.717, 1.165) is 6.54 Å². The first-order chi connectivity index (χ1) is 15.2. The molecule has 0 aromatic heterocycles.